The fourth-order valence-electron chi connectivity index (χ4n) is 0.848. The number of nitrogens with zero attached hydrogens (tertiary/aromatic N) is 1. The van der Waals surface area contributed by atoms with Crippen LogP contribution in [0.1, 0.15) is 20.3 Å². The minimum atomic E-state index is -0.117. The summed E-state index contributed by atoms with van der Waals surface area (Å²) in [6.07, 6.45) is 0.384. The first-order valence-corrected chi connectivity index (χ1v) is 4.57. The zero-order valence-electron chi connectivity index (χ0n) is 8.62. The fraction of sp³-hybridized carbons (Fsp3) is 0.889. The van der Waals surface area contributed by atoms with E-state index in [4.69, 9.17) is 9.84 Å². The molecule has 0 aromatic carbocycles. The van der Waals surface area contributed by atoms with E-state index >= 15 is 0 Å². The summed E-state index contributed by atoms with van der Waals surface area (Å²) in [5.74, 6) is 0.00926. The molecule has 0 fully saturated rings. The second kappa shape index (κ2) is 6.86. The number of carbonyl (C=O) groups is 1. The monoisotopic (exact) mass is 189 g/mol. The van der Waals surface area contributed by atoms with Gasteiger partial charge in [0, 0.05) is 13.7 Å². The number of aliphatic hydroxyl groups is 1. The first kappa shape index (κ1) is 12.4. The molecule has 78 valence electrons. The number of hydrogen-bond acceptors (Lipinski definition) is 3. The summed E-state index contributed by atoms with van der Waals surface area (Å²) in [6, 6.07) is -0.117. The van der Waals surface area contributed by atoms with Crippen molar-refractivity contribution in [2.75, 3.05) is 26.9 Å². The third-order valence-corrected chi connectivity index (χ3v) is 1.98. The van der Waals surface area contributed by atoms with E-state index in [9.17, 15) is 4.79 Å². The van der Waals surface area contributed by atoms with Crippen LogP contribution < -0.4 is 0 Å². The molecule has 4 heteroatoms. The van der Waals surface area contributed by atoms with Crippen LogP contribution in [0.5, 0.6) is 0 Å². The van der Waals surface area contributed by atoms with E-state index in [0.29, 0.717) is 19.6 Å². The first-order valence-electron chi connectivity index (χ1n) is 4.57. The lowest BCUT2D eigenvalue weighted by Crippen LogP contribution is -2.37. The molecule has 0 aromatic rings. The second-order valence-electron chi connectivity index (χ2n) is 2.98. The normalized spacial score (nSPS) is 12.6. The van der Waals surface area contributed by atoms with Crippen molar-refractivity contribution in [3.8, 4) is 0 Å². The fourth-order valence-corrected chi connectivity index (χ4v) is 0.848. The molecule has 13 heavy (non-hydrogen) atoms. The van der Waals surface area contributed by atoms with Gasteiger partial charge < -0.3 is 14.7 Å². The van der Waals surface area contributed by atoms with Gasteiger partial charge in [0.05, 0.1) is 25.7 Å². The Morgan fingerprint density at radius 2 is 2.23 bits per heavy atom. The first-order chi connectivity index (χ1) is 6.13. The Bertz CT molecular complexity index is 150. The predicted molar refractivity (Wildman–Crippen MR) is 50.4 cm³/mol. The van der Waals surface area contributed by atoms with Gasteiger partial charge in [-0.05, 0) is 13.8 Å². The summed E-state index contributed by atoms with van der Waals surface area (Å²) in [6.45, 7) is 4.78. The van der Waals surface area contributed by atoms with Gasteiger partial charge in [-0.3, -0.25) is 4.79 Å². The van der Waals surface area contributed by atoms with E-state index in [2.05, 4.69) is 0 Å². The molecule has 0 heterocycles. The average Bonchev–Trinajstić information content (AvgIpc) is 2.15. The van der Waals surface area contributed by atoms with E-state index in [-0.39, 0.29) is 18.6 Å². The highest BCUT2D eigenvalue weighted by Crippen LogP contribution is 1.98. The number of aliphatic hydroxyl groups excluding tert-OH is 1. The highest BCUT2D eigenvalue weighted by atomic mass is 16.5. The molecule has 1 atom stereocenters. The molecule has 1 unspecified atom stereocenters. The lowest BCUT2D eigenvalue weighted by Gasteiger charge is -2.22. The molecule has 0 spiro atoms. The Morgan fingerprint density at radius 1 is 1.62 bits per heavy atom. The van der Waals surface area contributed by atoms with Gasteiger partial charge in [-0.25, -0.2) is 0 Å². The molecule has 0 aliphatic heterocycles. The molecule has 0 rings (SSSR count). The van der Waals surface area contributed by atoms with Crippen molar-refractivity contribution in [2.45, 2.75) is 26.3 Å². The number of hydrogen-bond donors (Lipinski definition) is 1. The van der Waals surface area contributed by atoms with Crippen molar-refractivity contribution in [3.63, 3.8) is 0 Å². The molecule has 0 radical (unpaired) electrons. The quantitative estimate of drug-likeness (QED) is 0.609. The maximum Gasteiger partial charge on any atom is 0.224 e. The van der Waals surface area contributed by atoms with Crippen molar-refractivity contribution < 1.29 is 14.6 Å². The molecule has 1 N–H and O–H groups in total. The lowest BCUT2D eigenvalue weighted by molar-refractivity contribution is -0.133. The molecule has 0 aliphatic carbocycles. The summed E-state index contributed by atoms with van der Waals surface area (Å²) < 4.78 is 5.06. The van der Waals surface area contributed by atoms with Crippen molar-refractivity contribution in [3.05, 3.63) is 0 Å². The number of likely N-dealkylation sites (N-methyl/N-ethyl adjacent to an activating group) is 1. The van der Waals surface area contributed by atoms with Gasteiger partial charge in [0.2, 0.25) is 5.91 Å². The molecule has 1 amide bonds. The van der Waals surface area contributed by atoms with Crippen LogP contribution in [0.4, 0.5) is 0 Å². The maximum atomic E-state index is 11.4. The predicted octanol–water partition coefficient (Wildman–Crippen LogP) is 0.252. The Labute approximate surface area is 79.5 Å². The van der Waals surface area contributed by atoms with Crippen molar-refractivity contribution in [2.24, 2.45) is 0 Å². The smallest absolute Gasteiger partial charge is 0.224 e. The van der Waals surface area contributed by atoms with Crippen LogP contribution in [0, 0.1) is 0 Å². The van der Waals surface area contributed by atoms with Gasteiger partial charge in [-0.2, -0.15) is 0 Å². The Morgan fingerprint density at radius 3 is 2.69 bits per heavy atom. The van der Waals surface area contributed by atoms with Crippen LogP contribution in [0.3, 0.4) is 0 Å². The number of carbonyl (C=O) groups excluding carboxylic acids is 1. The Hall–Kier alpha value is -0.610. The SMILES string of the molecule is CCOCCC(=O)N(C)C(C)CO. The van der Waals surface area contributed by atoms with E-state index in [0.717, 1.165) is 0 Å². The minimum Gasteiger partial charge on any atom is -0.394 e. The van der Waals surface area contributed by atoms with Crippen LogP contribution in [-0.2, 0) is 9.53 Å². The maximum absolute atomic E-state index is 11.4. The van der Waals surface area contributed by atoms with Crippen LogP contribution in [0.25, 0.3) is 0 Å². The van der Waals surface area contributed by atoms with Crippen molar-refractivity contribution >= 4 is 5.91 Å². The molecule has 0 aliphatic rings. The molecule has 0 saturated heterocycles. The van der Waals surface area contributed by atoms with Crippen LogP contribution in [-0.4, -0.2) is 48.8 Å². The largest absolute Gasteiger partial charge is 0.394 e. The molecule has 0 saturated carbocycles. The zero-order valence-corrected chi connectivity index (χ0v) is 8.62. The third kappa shape index (κ3) is 4.85. The van der Waals surface area contributed by atoms with Gasteiger partial charge in [0.15, 0.2) is 0 Å². The summed E-state index contributed by atoms with van der Waals surface area (Å²) in [4.78, 5) is 12.9. The molecular formula is C9H19NO3. The summed E-state index contributed by atoms with van der Waals surface area (Å²) in [5, 5.41) is 8.80. The van der Waals surface area contributed by atoms with Crippen molar-refractivity contribution in [1.82, 2.24) is 4.90 Å². The van der Waals surface area contributed by atoms with Gasteiger partial charge in [0.1, 0.15) is 0 Å². The number of rotatable bonds is 6. The standard InChI is InChI=1S/C9H19NO3/c1-4-13-6-5-9(12)10(3)8(2)7-11/h8,11H,4-7H2,1-3H3. The Balaban J connectivity index is 3.69. The van der Waals surface area contributed by atoms with E-state index in [1.54, 1.807) is 18.9 Å². The summed E-state index contributed by atoms with van der Waals surface area (Å²) >= 11 is 0. The summed E-state index contributed by atoms with van der Waals surface area (Å²) in [7, 11) is 1.69. The molecule has 4 nitrogen and oxygen atoms in total. The highest BCUT2D eigenvalue weighted by molar-refractivity contribution is 5.76. The topological polar surface area (TPSA) is 49.8 Å². The van der Waals surface area contributed by atoms with E-state index in [1.165, 1.54) is 0 Å². The Kier molecular flexibility index (Phi) is 6.54. The van der Waals surface area contributed by atoms with Gasteiger partial charge in [-0.15, -0.1) is 0 Å². The van der Waals surface area contributed by atoms with Crippen molar-refractivity contribution in [1.29, 1.82) is 0 Å². The second-order valence-corrected chi connectivity index (χ2v) is 2.98. The van der Waals surface area contributed by atoms with Gasteiger partial charge >= 0.3 is 0 Å². The van der Waals surface area contributed by atoms with E-state index in [1.807, 2.05) is 6.92 Å². The lowest BCUT2D eigenvalue weighted by atomic mass is 10.3. The van der Waals surface area contributed by atoms with E-state index < -0.39 is 0 Å². The van der Waals surface area contributed by atoms with Crippen LogP contribution in [0.15, 0.2) is 0 Å². The van der Waals surface area contributed by atoms with Crippen LogP contribution in [0.2, 0.25) is 0 Å². The average molecular weight is 189 g/mol. The molecule has 0 aromatic heterocycles. The minimum absolute atomic E-state index is 0.00310. The zero-order chi connectivity index (χ0) is 10.3. The van der Waals surface area contributed by atoms with Crippen LogP contribution >= 0.6 is 0 Å². The van der Waals surface area contributed by atoms with Gasteiger partial charge in [0.25, 0.3) is 0 Å². The number of amides is 1. The van der Waals surface area contributed by atoms with Gasteiger partial charge in [-0.1, -0.05) is 0 Å². The highest BCUT2D eigenvalue weighted by Gasteiger charge is 2.13. The third-order valence-electron chi connectivity index (χ3n) is 1.98. The number of ether oxygens (including phenoxy) is 1. The summed E-state index contributed by atoms with van der Waals surface area (Å²) in [5.41, 5.74) is 0. The molecular weight excluding hydrogens is 170 g/mol. The molecule has 0 bridgehead atoms.